The number of nitrogens with one attached hydrogen (secondary N) is 1. The van der Waals surface area contributed by atoms with E-state index in [0.717, 1.165) is 10.4 Å². The Morgan fingerprint density at radius 1 is 1.31 bits per heavy atom. The van der Waals surface area contributed by atoms with Crippen LogP contribution in [0.2, 0.25) is 10.0 Å². The number of hydrogen-bond acceptors (Lipinski definition) is 5. The molecule has 2 heterocycles. The Morgan fingerprint density at radius 2 is 1.97 bits per heavy atom. The van der Waals surface area contributed by atoms with Crippen molar-refractivity contribution in [3.8, 4) is 0 Å². The van der Waals surface area contributed by atoms with Crippen LogP contribution < -0.4 is 5.32 Å². The largest absolute Gasteiger partial charge is 0.435 e. The molecule has 174 valence electrons. The van der Waals surface area contributed by atoms with E-state index in [0.29, 0.717) is 11.5 Å². The van der Waals surface area contributed by atoms with Gasteiger partial charge in [0, 0.05) is 34.0 Å². The number of ether oxygens (including phenoxy) is 1. The molecule has 0 saturated carbocycles. The molecule has 5 nitrogen and oxygen atoms in total. The fourth-order valence-corrected chi connectivity index (χ4v) is 5.15. The maximum absolute atomic E-state index is 14.2. The molecule has 1 aliphatic rings. The van der Waals surface area contributed by atoms with Gasteiger partial charge >= 0.3 is 6.18 Å². The van der Waals surface area contributed by atoms with Crippen LogP contribution in [0.5, 0.6) is 0 Å². The first-order valence-electron chi connectivity index (χ1n) is 9.64. The zero-order valence-corrected chi connectivity index (χ0v) is 19.8. The number of amides is 1. The SMILES string of the molecule is COCCC(=O)NC(C)c1sc(C2=NOC(c3cc(Cl)cc(Cl)c3)(C(F)(F)F)C2)cc1C. The van der Waals surface area contributed by atoms with Gasteiger partial charge in [0.15, 0.2) is 0 Å². The molecule has 2 unspecified atom stereocenters. The van der Waals surface area contributed by atoms with Gasteiger partial charge in [0.1, 0.15) is 5.71 Å². The summed E-state index contributed by atoms with van der Waals surface area (Å²) < 4.78 is 47.4. The van der Waals surface area contributed by atoms with E-state index in [-0.39, 0.29) is 39.7 Å². The van der Waals surface area contributed by atoms with Gasteiger partial charge in [-0.15, -0.1) is 11.3 Å². The van der Waals surface area contributed by atoms with Gasteiger partial charge < -0.3 is 14.9 Å². The van der Waals surface area contributed by atoms with E-state index >= 15 is 0 Å². The van der Waals surface area contributed by atoms with Crippen LogP contribution in [0.25, 0.3) is 0 Å². The normalized spacial score (nSPS) is 19.4. The van der Waals surface area contributed by atoms with E-state index in [2.05, 4.69) is 10.5 Å². The Hall–Kier alpha value is -1.81. The van der Waals surface area contributed by atoms with Crippen LogP contribution in [0.15, 0.2) is 29.4 Å². The fraction of sp³-hybridized carbons (Fsp3) is 0.429. The topological polar surface area (TPSA) is 59.9 Å². The smallest absolute Gasteiger partial charge is 0.384 e. The summed E-state index contributed by atoms with van der Waals surface area (Å²) in [6, 6.07) is 5.15. The molecule has 3 rings (SSSR count). The molecule has 0 radical (unpaired) electrons. The van der Waals surface area contributed by atoms with Gasteiger partial charge in [-0.05, 0) is 43.7 Å². The number of methoxy groups -OCH3 is 1. The van der Waals surface area contributed by atoms with E-state index in [9.17, 15) is 18.0 Å². The minimum absolute atomic E-state index is 0.0699. The molecule has 0 bridgehead atoms. The van der Waals surface area contributed by atoms with Crippen molar-refractivity contribution in [1.29, 1.82) is 0 Å². The summed E-state index contributed by atoms with van der Waals surface area (Å²) in [5.74, 6) is -0.177. The molecule has 1 N–H and O–H groups in total. The zero-order chi connectivity index (χ0) is 23.7. The Kier molecular flexibility index (Phi) is 7.44. The molecule has 32 heavy (non-hydrogen) atoms. The van der Waals surface area contributed by atoms with Crippen molar-refractivity contribution >= 4 is 46.2 Å². The molecule has 0 aliphatic carbocycles. The summed E-state index contributed by atoms with van der Waals surface area (Å²) in [5, 5.41) is 6.80. The lowest BCUT2D eigenvalue weighted by molar-refractivity contribution is -0.275. The molecule has 11 heteroatoms. The zero-order valence-electron chi connectivity index (χ0n) is 17.5. The third kappa shape index (κ3) is 5.06. The highest BCUT2D eigenvalue weighted by molar-refractivity contribution is 7.14. The average Bonchev–Trinajstić information content (AvgIpc) is 3.30. The number of halogens is 5. The first kappa shape index (κ1) is 24.8. The van der Waals surface area contributed by atoms with Crippen LogP contribution in [-0.2, 0) is 20.0 Å². The number of carbonyl (C=O) groups is 1. The lowest BCUT2D eigenvalue weighted by Gasteiger charge is -2.29. The summed E-state index contributed by atoms with van der Waals surface area (Å²) in [4.78, 5) is 18.4. The number of rotatable bonds is 7. The second kappa shape index (κ2) is 9.59. The minimum atomic E-state index is -4.76. The molecule has 1 aromatic carbocycles. The van der Waals surface area contributed by atoms with Crippen LogP contribution in [0, 0.1) is 6.92 Å². The third-order valence-corrected chi connectivity index (χ3v) is 6.96. The van der Waals surface area contributed by atoms with E-state index < -0.39 is 18.2 Å². The van der Waals surface area contributed by atoms with E-state index in [1.54, 1.807) is 6.07 Å². The van der Waals surface area contributed by atoms with Crippen LogP contribution in [0.1, 0.15) is 46.7 Å². The molecule has 1 aromatic heterocycles. The molecule has 0 fully saturated rings. The number of benzene rings is 1. The van der Waals surface area contributed by atoms with Gasteiger partial charge in [-0.25, -0.2) is 0 Å². The number of alkyl halides is 3. The number of nitrogens with zero attached hydrogens (tertiary/aromatic N) is 1. The summed E-state index contributed by atoms with van der Waals surface area (Å²) >= 11 is 13.1. The van der Waals surface area contributed by atoms with Crippen LogP contribution in [0.4, 0.5) is 13.2 Å². The van der Waals surface area contributed by atoms with Crippen molar-refractivity contribution in [2.75, 3.05) is 13.7 Å². The number of oxime groups is 1. The minimum Gasteiger partial charge on any atom is -0.384 e. The van der Waals surface area contributed by atoms with Crippen molar-refractivity contribution < 1.29 is 27.5 Å². The van der Waals surface area contributed by atoms with Gasteiger partial charge in [-0.2, -0.15) is 13.2 Å². The van der Waals surface area contributed by atoms with E-state index in [4.69, 9.17) is 32.8 Å². The van der Waals surface area contributed by atoms with Gasteiger partial charge in [-0.3, -0.25) is 4.79 Å². The predicted molar refractivity (Wildman–Crippen MR) is 119 cm³/mol. The Labute approximate surface area is 197 Å². The number of thiophene rings is 1. The highest BCUT2D eigenvalue weighted by atomic mass is 35.5. The molecule has 1 aliphatic heterocycles. The van der Waals surface area contributed by atoms with Crippen LogP contribution in [-0.4, -0.2) is 31.5 Å². The van der Waals surface area contributed by atoms with Crippen molar-refractivity contribution in [3.05, 3.63) is 55.2 Å². The molecule has 1 amide bonds. The maximum Gasteiger partial charge on any atom is 0.435 e. The number of aryl methyl sites for hydroxylation is 1. The Balaban J connectivity index is 1.86. The summed E-state index contributed by atoms with van der Waals surface area (Å²) in [6.45, 7) is 3.94. The van der Waals surface area contributed by atoms with Gasteiger partial charge in [-0.1, -0.05) is 28.4 Å². The van der Waals surface area contributed by atoms with Crippen molar-refractivity contribution in [1.82, 2.24) is 5.32 Å². The van der Waals surface area contributed by atoms with Crippen molar-refractivity contribution in [2.45, 2.75) is 44.5 Å². The van der Waals surface area contributed by atoms with E-state index in [1.165, 1.54) is 36.6 Å². The quantitative estimate of drug-likeness (QED) is 0.487. The number of hydrogen-bond donors (Lipinski definition) is 1. The average molecular weight is 509 g/mol. The molecule has 0 saturated heterocycles. The number of carbonyl (C=O) groups excluding carboxylic acids is 1. The lowest BCUT2D eigenvalue weighted by atomic mass is 9.88. The highest BCUT2D eigenvalue weighted by Gasteiger charge is 2.62. The summed E-state index contributed by atoms with van der Waals surface area (Å²) in [6.07, 6.45) is -5.07. The van der Waals surface area contributed by atoms with Gasteiger partial charge in [0.05, 0.1) is 23.9 Å². The summed E-state index contributed by atoms with van der Waals surface area (Å²) in [7, 11) is 1.51. The predicted octanol–water partition coefficient (Wildman–Crippen LogP) is 6.16. The molecular formula is C21H21Cl2F3N2O3S. The Bertz CT molecular complexity index is 1020. The van der Waals surface area contributed by atoms with Crippen LogP contribution in [0.3, 0.4) is 0 Å². The van der Waals surface area contributed by atoms with Gasteiger partial charge in [0.25, 0.3) is 5.60 Å². The molecule has 0 spiro atoms. The second-order valence-electron chi connectivity index (χ2n) is 7.48. The lowest BCUT2D eigenvalue weighted by Crippen LogP contribution is -2.42. The first-order chi connectivity index (χ1) is 15.0. The van der Waals surface area contributed by atoms with Crippen molar-refractivity contribution in [2.24, 2.45) is 5.16 Å². The second-order valence-corrected chi connectivity index (χ2v) is 9.44. The maximum atomic E-state index is 14.2. The molecule has 2 atom stereocenters. The van der Waals surface area contributed by atoms with Crippen molar-refractivity contribution in [3.63, 3.8) is 0 Å². The molecular weight excluding hydrogens is 488 g/mol. The van der Waals surface area contributed by atoms with Crippen LogP contribution >= 0.6 is 34.5 Å². The summed E-state index contributed by atoms with van der Waals surface area (Å²) in [5.41, 5.74) is -1.90. The standard InChI is InChI=1S/C21H21Cl2F3N2O3S/c1-11-6-17(32-19(11)12(2)27-18(29)4-5-30-3)16-10-20(31-28-16,21(24,25)26)13-7-14(22)9-15(23)8-13/h6-9,12H,4-5,10H2,1-3H3,(H,27,29). The monoisotopic (exact) mass is 508 g/mol. The van der Waals surface area contributed by atoms with E-state index in [1.807, 2.05) is 13.8 Å². The fourth-order valence-electron chi connectivity index (χ4n) is 3.47. The first-order valence-corrected chi connectivity index (χ1v) is 11.2. The Morgan fingerprint density at radius 3 is 2.56 bits per heavy atom. The molecule has 2 aromatic rings. The third-order valence-electron chi connectivity index (χ3n) is 5.06. The van der Waals surface area contributed by atoms with Gasteiger partial charge in [0.2, 0.25) is 5.91 Å². The highest BCUT2D eigenvalue weighted by Crippen LogP contribution is 2.50.